The van der Waals surface area contributed by atoms with Gasteiger partial charge in [0.1, 0.15) is 5.54 Å². The van der Waals surface area contributed by atoms with E-state index >= 15 is 0 Å². The molecule has 4 heterocycles. The molecule has 7 heteroatoms. The van der Waals surface area contributed by atoms with E-state index in [1.165, 1.54) is 4.90 Å². The topological polar surface area (TPSA) is 61.7 Å². The highest BCUT2D eigenvalue weighted by atomic mass is 16.2. The Labute approximate surface area is 129 Å². The molecule has 3 fully saturated rings. The Morgan fingerprint density at radius 1 is 1.32 bits per heavy atom. The summed E-state index contributed by atoms with van der Waals surface area (Å²) < 4.78 is 1.77. The van der Waals surface area contributed by atoms with Crippen LogP contribution in [0.3, 0.4) is 0 Å². The molecule has 118 valence electrons. The average molecular weight is 303 g/mol. The standard InChI is InChI=1S/C15H21N5O2/c1-15-5-3-6-19(15)14(22)20(13(15)21)11-4-7-18(10-11)12-8-16-17(2)9-12/h8-9,11H,3-7,10H2,1-2H3/t11-,15+/m0/s1. The van der Waals surface area contributed by atoms with E-state index in [4.69, 9.17) is 0 Å². The summed E-state index contributed by atoms with van der Waals surface area (Å²) in [4.78, 5) is 30.9. The maximum atomic E-state index is 12.8. The van der Waals surface area contributed by atoms with Crippen LogP contribution in [0.15, 0.2) is 12.4 Å². The van der Waals surface area contributed by atoms with E-state index in [1.54, 1.807) is 9.58 Å². The molecular formula is C15H21N5O2. The lowest BCUT2D eigenvalue weighted by Gasteiger charge is -2.23. The monoisotopic (exact) mass is 303 g/mol. The van der Waals surface area contributed by atoms with Gasteiger partial charge in [-0.2, -0.15) is 5.10 Å². The number of aromatic nitrogens is 2. The van der Waals surface area contributed by atoms with E-state index in [-0.39, 0.29) is 18.0 Å². The van der Waals surface area contributed by atoms with E-state index in [0.717, 1.165) is 31.5 Å². The van der Waals surface area contributed by atoms with Gasteiger partial charge < -0.3 is 9.80 Å². The second kappa shape index (κ2) is 4.47. The highest BCUT2D eigenvalue weighted by Crippen LogP contribution is 2.39. The zero-order chi connectivity index (χ0) is 15.5. The molecule has 0 unspecified atom stereocenters. The predicted molar refractivity (Wildman–Crippen MR) is 80.4 cm³/mol. The van der Waals surface area contributed by atoms with Gasteiger partial charge in [0.05, 0.1) is 17.9 Å². The van der Waals surface area contributed by atoms with Gasteiger partial charge in [-0.1, -0.05) is 0 Å². The van der Waals surface area contributed by atoms with Crippen molar-refractivity contribution < 1.29 is 9.59 Å². The van der Waals surface area contributed by atoms with Gasteiger partial charge >= 0.3 is 6.03 Å². The van der Waals surface area contributed by atoms with Gasteiger partial charge in [0.25, 0.3) is 5.91 Å². The summed E-state index contributed by atoms with van der Waals surface area (Å²) in [5, 5.41) is 4.19. The Balaban J connectivity index is 1.54. The first kappa shape index (κ1) is 13.6. The van der Waals surface area contributed by atoms with E-state index in [1.807, 2.05) is 26.4 Å². The zero-order valence-electron chi connectivity index (χ0n) is 13.0. The number of aryl methyl sites for hydroxylation is 1. The molecule has 0 N–H and O–H groups in total. The van der Waals surface area contributed by atoms with Gasteiger partial charge in [-0.3, -0.25) is 14.4 Å². The molecule has 2 atom stereocenters. The van der Waals surface area contributed by atoms with Crippen LogP contribution in [-0.4, -0.2) is 62.7 Å². The number of carbonyl (C=O) groups excluding carboxylic acids is 2. The Morgan fingerprint density at radius 2 is 2.14 bits per heavy atom. The van der Waals surface area contributed by atoms with Crippen molar-refractivity contribution in [1.29, 1.82) is 0 Å². The minimum Gasteiger partial charge on any atom is -0.367 e. The molecular weight excluding hydrogens is 282 g/mol. The second-order valence-electron chi connectivity index (χ2n) is 6.75. The maximum Gasteiger partial charge on any atom is 0.327 e. The smallest absolute Gasteiger partial charge is 0.327 e. The highest BCUT2D eigenvalue weighted by Gasteiger charge is 2.58. The first-order valence-electron chi connectivity index (χ1n) is 7.89. The lowest BCUT2D eigenvalue weighted by molar-refractivity contribution is -0.133. The fraction of sp³-hybridized carbons (Fsp3) is 0.667. The van der Waals surface area contributed by atoms with Crippen LogP contribution < -0.4 is 4.90 Å². The maximum absolute atomic E-state index is 12.8. The Kier molecular flexibility index (Phi) is 2.76. The third-order valence-electron chi connectivity index (χ3n) is 5.34. The van der Waals surface area contributed by atoms with Gasteiger partial charge in [0.2, 0.25) is 0 Å². The number of nitrogens with zero attached hydrogens (tertiary/aromatic N) is 5. The lowest BCUT2D eigenvalue weighted by Crippen LogP contribution is -2.45. The molecule has 7 nitrogen and oxygen atoms in total. The van der Waals surface area contributed by atoms with Crippen molar-refractivity contribution in [2.24, 2.45) is 7.05 Å². The normalized spacial score (nSPS) is 31.5. The first-order chi connectivity index (χ1) is 10.5. The summed E-state index contributed by atoms with van der Waals surface area (Å²) in [7, 11) is 1.89. The van der Waals surface area contributed by atoms with Crippen molar-refractivity contribution in [1.82, 2.24) is 19.6 Å². The van der Waals surface area contributed by atoms with Crippen LogP contribution in [0.25, 0.3) is 0 Å². The van der Waals surface area contributed by atoms with Gasteiger partial charge in [0.15, 0.2) is 0 Å². The molecule has 3 aliphatic rings. The third-order valence-corrected chi connectivity index (χ3v) is 5.34. The second-order valence-corrected chi connectivity index (χ2v) is 6.75. The van der Waals surface area contributed by atoms with Crippen molar-refractivity contribution >= 4 is 17.6 Å². The Bertz CT molecular complexity index is 642. The summed E-state index contributed by atoms with van der Waals surface area (Å²) >= 11 is 0. The minimum absolute atomic E-state index is 0.00645. The van der Waals surface area contributed by atoms with Crippen LogP contribution in [0, 0.1) is 0 Å². The molecule has 22 heavy (non-hydrogen) atoms. The number of hydrogen-bond acceptors (Lipinski definition) is 4. The molecule has 3 saturated heterocycles. The molecule has 0 bridgehead atoms. The van der Waals surface area contributed by atoms with Gasteiger partial charge in [0, 0.05) is 32.9 Å². The molecule has 0 saturated carbocycles. The van der Waals surface area contributed by atoms with Crippen molar-refractivity contribution in [2.45, 2.75) is 37.8 Å². The number of urea groups is 1. The van der Waals surface area contributed by atoms with Crippen molar-refractivity contribution in [3.63, 3.8) is 0 Å². The number of carbonyl (C=O) groups is 2. The summed E-state index contributed by atoms with van der Waals surface area (Å²) in [5.74, 6) is -0.00645. The van der Waals surface area contributed by atoms with Gasteiger partial charge in [-0.25, -0.2) is 4.79 Å². The van der Waals surface area contributed by atoms with Crippen LogP contribution in [0.2, 0.25) is 0 Å². The quantitative estimate of drug-likeness (QED) is 0.759. The van der Waals surface area contributed by atoms with Gasteiger partial charge in [-0.05, 0) is 26.2 Å². The van der Waals surface area contributed by atoms with Crippen molar-refractivity contribution in [2.75, 3.05) is 24.5 Å². The number of rotatable bonds is 2. The molecule has 3 amide bonds. The number of anilines is 1. The molecule has 0 aromatic carbocycles. The van der Waals surface area contributed by atoms with E-state index in [9.17, 15) is 9.59 Å². The lowest BCUT2D eigenvalue weighted by atomic mass is 9.99. The molecule has 3 aliphatic heterocycles. The number of hydrogen-bond donors (Lipinski definition) is 0. The summed E-state index contributed by atoms with van der Waals surface area (Å²) in [6.07, 6.45) is 6.34. The van der Waals surface area contributed by atoms with E-state index < -0.39 is 5.54 Å². The molecule has 1 aromatic heterocycles. The first-order valence-corrected chi connectivity index (χ1v) is 7.89. The molecule has 0 spiro atoms. The number of amides is 3. The SMILES string of the molecule is Cn1cc(N2CC[C@H](N3C(=O)N4CCC[C@]4(C)C3=O)C2)cn1. The van der Waals surface area contributed by atoms with Crippen LogP contribution in [0.5, 0.6) is 0 Å². The van der Waals surface area contributed by atoms with Crippen LogP contribution in [0.4, 0.5) is 10.5 Å². The Hall–Kier alpha value is -2.05. The predicted octanol–water partition coefficient (Wildman–Crippen LogP) is 0.816. The Morgan fingerprint density at radius 3 is 2.82 bits per heavy atom. The van der Waals surface area contributed by atoms with Crippen molar-refractivity contribution in [3.8, 4) is 0 Å². The zero-order valence-corrected chi connectivity index (χ0v) is 13.0. The molecule has 4 rings (SSSR count). The summed E-state index contributed by atoms with van der Waals surface area (Å²) in [6, 6.07) is -0.120. The van der Waals surface area contributed by atoms with Crippen LogP contribution >= 0.6 is 0 Å². The van der Waals surface area contributed by atoms with Crippen molar-refractivity contribution in [3.05, 3.63) is 12.4 Å². The number of fused-ring (bicyclic) bond motifs is 1. The molecule has 0 aliphatic carbocycles. The third kappa shape index (κ3) is 1.71. The van der Waals surface area contributed by atoms with Crippen LogP contribution in [0.1, 0.15) is 26.2 Å². The summed E-state index contributed by atoms with van der Waals surface area (Å²) in [5.41, 5.74) is 0.453. The minimum atomic E-state index is -0.598. The molecule has 0 radical (unpaired) electrons. The van der Waals surface area contributed by atoms with Gasteiger partial charge in [-0.15, -0.1) is 0 Å². The fourth-order valence-electron chi connectivity index (χ4n) is 4.05. The summed E-state index contributed by atoms with van der Waals surface area (Å²) in [6.45, 7) is 4.17. The highest BCUT2D eigenvalue weighted by molar-refractivity contribution is 6.07. The van der Waals surface area contributed by atoms with Crippen LogP contribution in [-0.2, 0) is 11.8 Å². The molecule has 1 aromatic rings. The average Bonchev–Trinajstić information content (AvgIpc) is 3.20. The van der Waals surface area contributed by atoms with E-state index in [2.05, 4.69) is 10.00 Å². The fourth-order valence-corrected chi connectivity index (χ4v) is 4.05. The van der Waals surface area contributed by atoms with E-state index in [0.29, 0.717) is 13.1 Å². The number of imide groups is 1. The largest absolute Gasteiger partial charge is 0.367 e.